The molecule has 1 amide bonds. The number of nitrogens with one attached hydrogen (secondary N) is 1. The van der Waals surface area contributed by atoms with Crippen molar-refractivity contribution in [3.63, 3.8) is 0 Å². The Balaban J connectivity index is 2.02. The van der Waals surface area contributed by atoms with E-state index in [2.05, 4.69) is 10.3 Å². The third-order valence-electron chi connectivity index (χ3n) is 5.70. The Kier molecular flexibility index (Phi) is 4.76. The molecule has 1 unspecified atom stereocenters. The fourth-order valence-electron chi connectivity index (χ4n) is 3.39. The van der Waals surface area contributed by atoms with Crippen LogP contribution >= 0.6 is 0 Å². The van der Waals surface area contributed by atoms with Crippen LogP contribution in [0.5, 0.6) is 0 Å². The van der Waals surface area contributed by atoms with Gasteiger partial charge in [0.05, 0.1) is 5.75 Å². The number of alkyl halides is 2. The highest BCUT2D eigenvalue weighted by molar-refractivity contribution is 7.93. The molecular formula is C18H21F4N3O3S. The smallest absolute Gasteiger partial charge is 0.259 e. The van der Waals surface area contributed by atoms with Crippen molar-refractivity contribution in [1.29, 1.82) is 0 Å². The highest BCUT2D eigenvalue weighted by atomic mass is 32.2. The number of hydrogen-bond acceptors (Lipinski definition) is 5. The van der Waals surface area contributed by atoms with Gasteiger partial charge in [-0.1, -0.05) is 0 Å². The largest absolute Gasteiger partial charge is 0.386 e. The molecule has 6 nitrogen and oxygen atoms in total. The summed E-state index contributed by atoms with van der Waals surface area (Å²) in [7, 11) is -3.89. The highest BCUT2D eigenvalue weighted by Crippen LogP contribution is 2.44. The van der Waals surface area contributed by atoms with Gasteiger partial charge in [-0.15, -0.1) is 0 Å². The fourth-order valence-corrected chi connectivity index (χ4v) is 5.08. The highest BCUT2D eigenvalue weighted by Gasteiger charge is 2.53. The van der Waals surface area contributed by atoms with Crippen molar-refractivity contribution in [2.24, 2.45) is 16.6 Å². The summed E-state index contributed by atoms with van der Waals surface area (Å²) in [5, 5.41) is 2.16. The second-order valence-electron chi connectivity index (χ2n) is 8.20. The van der Waals surface area contributed by atoms with E-state index in [1.54, 1.807) is 0 Å². The number of amidine groups is 1. The van der Waals surface area contributed by atoms with Gasteiger partial charge >= 0.3 is 0 Å². The topological polar surface area (TPSA) is 102 Å². The summed E-state index contributed by atoms with van der Waals surface area (Å²) in [5.74, 6) is -9.39. The predicted octanol–water partition coefficient (Wildman–Crippen LogP) is 2.73. The van der Waals surface area contributed by atoms with Crippen molar-refractivity contribution in [2.45, 2.75) is 49.8 Å². The van der Waals surface area contributed by atoms with Crippen molar-refractivity contribution in [3.05, 3.63) is 29.3 Å². The lowest BCUT2D eigenvalue weighted by Gasteiger charge is -2.38. The molecule has 0 spiro atoms. The van der Waals surface area contributed by atoms with Gasteiger partial charge in [0.1, 0.15) is 22.0 Å². The number of benzene rings is 1. The maximum absolute atomic E-state index is 14.6. The molecule has 0 radical (unpaired) electrons. The lowest BCUT2D eigenvalue weighted by molar-refractivity contribution is -0.157. The first-order valence-corrected chi connectivity index (χ1v) is 10.5. The van der Waals surface area contributed by atoms with E-state index in [4.69, 9.17) is 5.73 Å². The Morgan fingerprint density at radius 1 is 1.24 bits per heavy atom. The van der Waals surface area contributed by atoms with E-state index in [0.717, 1.165) is 6.07 Å². The van der Waals surface area contributed by atoms with Gasteiger partial charge in [0, 0.05) is 23.7 Å². The van der Waals surface area contributed by atoms with Crippen LogP contribution in [0.1, 0.15) is 39.2 Å². The number of anilines is 1. The maximum atomic E-state index is 14.6. The first-order valence-electron chi connectivity index (χ1n) is 8.87. The molecule has 0 aromatic heterocycles. The molecule has 0 bridgehead atoms. The molecule has 2 atom stereocenters. The zero-order valence-corrected chi connectivity index (χ0v) is 16.8. The van der Waals surface area contributed by atoms with E-state index < -0.39 is 67.2 Å². The standard InChI is InChI=1S/C18H21F4N3O3S/c1-16(2)15(23)25-17(3,8-29(16,27)28)11-6-9(7-12(19)13(11)20)24-14(26)10-4-5-18(10,21)22/h6-7,10H,4-5,8H2,1-3H3,(H2,23,25)(H,24,26)/t10?,17-/m0/s1. The number of carbonyl (C=O) groups is 1. The zero-order chi connectivity index (χ0) is 22.0. The minimum Gasteiger partial charge on any atom is -0.386 e. The minimum atomic E-state index is -3.89. The molecule has 1 aromatic rings. The monoisotopic (exact) mass is 435 g/mol. The van der Waals surface area contributed by atoms with Crippen molar-refractivity contribution in [3.8, 4) is 0 Å². The second kappa shape index (κ2) is 6.41. The van der Waals surface area contributed by atoms with Crippen LogP contribution in [0.25, 0.3) is 0 Å². The molecule has 1 fully saturated rings. The van der Waals surface area contributed by atoms with Gasteiger partial charge in [-0.05, 0) is 33.3 Å². The average Bonchev–Trinajstić information content (AvgIpc) is 2.54. The van der Waals surface area contributed by atoms with E-state index in [0.29, 0.717) is 6.07 Å². The summed E-state index contributed by atoms with van der Waals surface area (Å²) < 4.78 is 79.4. The molecule has 11 heteroatoms. The number of hydrogen-bond donors (Lipinski definition) is 2. The van der Waals surface area contributed by atoms with Crippen LogP contribution in [0.15, 0.2) is 17.1 Å². The van der Waals surface area contributed by atoms with E-state index in [1.165, 1.54) is 20.8 Å². The van der Waals surface area contributed by atoms with Crippen molar-refractivity contribution < 1.29 is 30.8 Å². The van der Waals surface area contributed by atoms with Crippen LogP contribution < -0.4 is 11.1 Å². The van der Waals surface area contributed by atoms with Crippen LogP contribution in [0.2, 0.25) is 0 Å². The van der Waals surface area contributed by atoms with Crippen LogP contribution in [-0.4, -0.2) is 36.6 Å². The molecule has 1 aromatic carbocycles. The molecule has 0 saturated heterocycles. The second-order valence-corrected chi connectivity index (χ2v) is 10.7. The van der Waals surface area contributed by atoms with Crippen LogP contribution in [-0.2, 0) is 20.2 Å². The molecule has 1 heterocycles. The summed E-state index contributed by atoms with van der Waals surface area (Å²) >= 11 is 0. The minimum absolute atomic E-state index is 0.0266. The number of halogens is 4. The lowest BCUT2D eigenvalue weighted by atomic mass is 9.80. The van der Waals surface area contributed by atoms with E-state index in [1.807, 2.05) is 0 Å². The zero-order valence-electron chi connectivity index (χ0n) is 16.0. The van der Waals surface area contributed by atoms with Crippen LogP contribution in [0.3, 0.4) is 0 Å². The Labute approximate surface area is 165 Å². The van der Waals surface area contributed by atoms with Gasteiger partial charge in [-0.25, -0.2) is 26.0 Å². The summed E-state index contributed by atoms with van der Waals surface area (Å²) in [6.07, 6.45) is -0.449. The third kappa shape index (κ3) is 3.38. The van der Waals surface area contributed by atoms with Gasteiger partial charge in [-0.3, -0.25) is 9.79 Å². The SMILES string of the molecule is CC1(C)C(N)=N[C@](C)(c2cc(NC(=O)C3CCC3(F)F)cc(F)c2F)CS1(=O)=O. The number of amides is 1. The average molecular weight is 435 g/mol. The number of aliphatic imine (C=N–C) groups is 1. The Morgan fingerprint density at radius 3 is 2.34 bits per heavy atom. The molecule has 1 saturated carbocycles. The Bertz CT molecular complexity index is 1020. The fraction of sp³-hybridized carbons (Fsp3) is 0.556. The van der Waals surface area contributed by atoms with E-state index in [9.17, 15) is 30.8 Å². The third-order valence-corrected chi connectivity index (χ3v) is 8.41. The first-order chi connectivity index (χ1) is 13.1. The van der Waals surface area contributed by atoms with E-state index >= 15 is 0 Å². The van der Waals surface area contributed by atoms with Gasteiger partial charge < -0.3 is 11.1 Å². The lowest BCUT2D eigenvalue weighted by Crippen LogP contribution is -2.55. The Morgan fingerprint density at radius 2 is 1.86 bits per heavy atom. The van der Waals surface area contributed by atoms with Gasteiger partial charge in [0.2, 0.25) is 5.91 Å². The molecule has 3 N–H and O–H groups in total. The van der Waals surface area contributed by atoms with Crippen LogP contribution in [0.4, 0.5) is 23.2 Å². The first kappa shape index (κ1) is 21.5. The summed E-state index contributed by atoms with van der Waals surface area (Å²) in [4.78, 5) is 16.2. The quantitative estimate of drug-likeness (QED) is 0.713. The van der Waals surface area contributed by atoms with Crippen molar-refractivity contribution in [1.82, 2.24) is 0 Å². The summed E-state index contributed by atoms with van der Waals surface area (Å²) in [6.45, 7) is 3.98. The maximum Gasteiger partial charge on any atom is 0.259 e. The van der Waals surface area contributed by atoms with Gasteiger partial charge in [0.25, 0.3) is 5.92 Å². The molecule has 160 valence electrons. The number of nitrogens with two attached hydrogens (primary N) is 1. The van der Waals surface area contributed by atoms with E-state index in [-0.39, 0.29) is 17.9 Å². The van der Waals surface area contributed by atoms with Gasteiger partial charge in [0.15, 0.2) is 21.5 Å². The number of sulfone groups is 1. The van der Waals surface area contributed by atoms with Crippen LogP contribution in [0, 0.1) is 17.6 Å². The van der Waals surface area contributed by atoms with Crippen molar-refractivity contribution in [2.75, 3.05) is 11.1 Å². The molecule has 1 aliphatic heterocycles. The molecule has 1 aliphatic carbocycles. The molecule has 29 heavy (non-hydrogen) atoms. The summed E-state index contributed by atoms with van der Waals surface area (Å²) in [6, 6.07) is 1.64. The summed E-state index contributed by atoms with van der Waals surface area (Å²) in [5.41, 5.74) is 3.32. The van der Waals surface area contributed by atoms with Crippen molar-refractivity contribution >= 4 is 27.3 Å². The predicted molar refractivity (Wildman–Crippen MR) is 99.5 cm³/mol. The number of nitrogens with zero attached hydrogens (tertiary/aromatic N) is 1. The molecule has 3 rings (SSSR count). The molecular weight excluding hydrogens is 414 g/mol. The number of rotatable bonds is 3. The molecule has 2 aliphatic rings. The number of carbonyl (C=O) groups excluding carboxylic acids is 1. The normalized spacial score (nSPS) is 29.5. The Hall–Kier alpha value is -2.17. The van der Waals surface area contributed by atoms with Gasteiger partial charge in [-0.2, -0.15) is 0 Å².